The average Bonchev–Trinajstić information content (AvgIpc) is 3.22. The van der Waals surface area contributed by atoms with Crippen molar-refractivity contribution in [3.63, 3.8) is 0 Å². The van der Waals surface area contributed by atoms with Crippen LogP contribution in [-0.2, 0) is 4.79 Å². The summed E-state index contributed by atoms with van der Waals surface area (Å²) in [4.78, 5) is 35.7. The molecule has 0 aliphatic carbocycles. The summed E-state index contributed by atoms with van der Waals surface area (Å²) in [5, 5.41) is 14.5. The van der Waals surface area contributed by atoms with Gasteiger partial charge in [-0.1, -0.05) is 18.2 Å². The molecule has 2 amide bonds. The van der Waals surface area contributed by atoms with Crippen molar-refractivity contribution >= 4 is 29.2 Å². The molecule has 0 bridgehead atoms. The molecule has 1 unspecified atom stereocenters. The molecular formula is C21H18N2O5. The standard InChI is InChI=1S/C21H18N2O5/c1-13(21(26)27)14-5-2-7-16(11-14)22-19(24)15-6-3-8-17(12-15)23-20(25)18-9-4-10-28-18/h2-13H,1H3,(H,22,24)(H,23,25)(H,26,27). The SMILES string of the molecule is CC(C(=O)O)c1cccc(NC(=O)c2cccc(NC(=O)c3ccco3)c2)c1. The van der Waals surface area contributed by atoms with Crippen molar-refractivity contribution in [2.45, 2.75) is 12.8 Å². The highest BCUT2D eigenvalue weighted by Gasteiger charge is 2.15. The van der Waals surface area contributed by atoms with Crippen molar-refractivity contribution in [3.8, 4) is 0 Å². The smallest absolute Gasteiger partial charge is 0.310 e. The molecular weight excluding hydrogens is 360 g/mol. The summed E-state index contributed by atoms with van der Waals surface area (Å²) in [6.07, 6.45) is 1.40. The quantitative estimate of drug-likeness (QED) is 0.601. The second-order valence-corrected chi connectivity index (χ2v) is 6.15. The molecule has 0 saturated carbocycles. The number of rotatable bonds is 6. The van der Waals surface area contributed by atoms with Crippen LogP contribution in [-0.4, -0.2) is 22.9 Å². The molecule has 3 N–H and O–H groups in total. The van der Waals surface area contributed by atoms with E-state index in [1.165, 1.54) is 12.3 Å². The van der Waals surface area contributed by atoms with E-state index in [1.807, 2.05) is 0 Å². The lowest BCUT2D eigenvalue weighted by Crippen LogP contribution is -2.15. The molecule has 7 heteroatoms. The molecule has 3 aromatic rings. The Kier molecular flexibility index (Phi) is 5.55. The Labute approximate surface area is 161 Å². The number of furan rings is 1. The first kappa shape index (κ1) is 18.9. The minimum atomic E-state index is -0.941. The Morgan fingerprint density at radius 1 is 0.893 bits per heavy atom. The number of amides is 2. The largest absolute Gasteiger partial charge is 0.481 e. The molecule has 7 nitrogen and oxygen atoms in total. The number of anilines is 2. The summed E-state index contributed by atoms with van der Waals surface area (Å²) in [5.74, 6) is -2.26. The van der Waals surface area contributed by atoms with E-state index in [1.54, 1.807) is 61.5 Å². The predicted octanol–water partition coefficient (Wildman–Crippen LogP) is 3.97. The summed E-state index contributed by atoms with van der Waals surface area (Å²) in [5.41, 5.74) is 1.86. The van der Waals surface area contributed by atoms with Crippen LogP contribution in [0, 0.1) is 0 Å². The van der Waals surface area contributed by atoms with Crippen molar-refractivity contribution in [3.05, 3.63) is 83.8 Å². The Morgan fingerprint density at radius 2 is 1.57 bits per heavy atom. The fraction of sp³-hybridized carbons (Fsp3) is 0.0952. The number of benzene rings is 2. The maximum Gasteiger partial charge on any atom is 0.310 e. The number of aliphatic carboxylic acids is 1. The first-order valence-corrected chi connectivity index (χ1v) is 8.53. The zero-order valence-corrected chi connectivity index (χ0v) is 15.0. The van der Waals surface area contributed by atoms with Gasteiger partial charge in [0.05, 0.1) is 12.2 Å². The lowest BCUT2D eigenvalue weighted by Gasteiger charge is -2.11. The lowest BCUT2D eigenvalue weighted by molar-refractivity contribution is -0.138. The van der Waals surface area contributed by atoms with Crippen LogP contribution in [0.3, 0.4) is 0 Å². The normalized spacial score (nSPS) is 11.5. The second-order valence-electron chi connectivity index (χ2n) is 6.15. The van der Waals surface area contributed by atoms with Crippen LogP contribution in [0.4, 0.5) is 11.4 Å². The summed E-state index contributed by atoms with van der Waals surface area (Å²) in [6, 6.07) is 16.3. The van der Waals surface area contributed by atoms with Gasteiger partial charge in [-0.2, -0.15) is 0 Å². The molecule has 0 radical (unpaired) electrons. The van der Waals surface area contributed by atoms with E-state index in [-0.39, 0.29) is 11.7 Å². The van der Waals surface area contributed by atoms with Gasteiger partial charge in [0.25, 0.3) is 11.8 Å². The summed E-state index contributed by atoms with van der Waals surface area (Å²) in [7, 11) is 0. The molecule has 0 spiro atoms. The first-order chi connectivity index (χ1) is 13.4. The molecule has 142 valence electrons. The predicted molar refractivity (Wildman–Crippen MR) is 104 cm³/mol. The van der Waals surface area contributed by atoms with Crippen LogP contribution in [0.1, 0.15) is 39.3 Å². The number of hydrogen-bond donors (Lipinski definition) is 3. The van der Waals surface area contributed by atoms with E-state index in [2.05, 4.69) is 10.6 Å². The van der Waals surface area contributed by atoms with E-state index >= 15 is 0 Å². The van der Waals surface area contributed by atoms with Gasteiger partial charge in [-0.15, -0.1) is 0 Å². The highest BCUT2D eigenvalue weighted by molar-refractivity contribution is 6.06. The topological polar surface area (TPSA) is 109 Å². The molecule has 0 aliphatic rings. The number of hydrogen-bond acceptors (Lipinski definition) is 4. The molecule has 28 heavy (non-hydrogen) atoms. The minimum Gasteiger partial charge on any atom is -0.481 e. The van der Waals surface area contributed by atoms with Gasteiger partial charge in [0.2, 0.25) is 0 Å². The van der Waals surface area contributed by atoms with Crippen LogP contribution < -0.4 is 10.6 Å². The van der Waals surface area contributed by atoms with Crippen molar-refractivity contribution in [1.29, 1.82) is 0 Å². The highest BCUT2D eigenvalue weighted by Crippen LogP contribution is 2.20. The van der Waals surface area contributed by atoms with E-state index in [0.717, 1.165) is 0 Å². The monoisotopic (exact) mass is 378 g/mol. The van der Waals surface area contributed by atoms with Gasteiger partial charge in [-0.3, -0.25) is 14.4 Å². The van der Waals surface area contributed by atoms with Crippen LogP contribution in [0.25, 0.3) is 0 Å². The maximum absolute atomic E-state index is 12.5. The van der Waals surface area contributed by atoms with Gasteiger partial charge in [-0.05, 0) is 55.0 Å². The Hall–Kier alpha value is -3.87. The van der Waals surface area contributed by atoms with E-state index in [0.29, 0.717) is 22.5 Å². The van der Waals surface area contributed by atoms with Crippen molar-refractivity contribution in [1.82, 2.24) is 0 Å². The minimum absolute atomic E-state index is 0.166. The molecule has 1 aromatic heterocycles. The van der Waals surface area contributed by atoms with E-state index in [4.69, 9.17) is 9.52 Å². The highest BCUT2D eigenvalue weighted by atomic mass is 16.4. The molecule has 1 atom stereocenters. The average molecular weight is 378 g/mol. The van der Waals surface area contributed by atoms with Crippen molar-refractivity contribution < 1.29 is 23.9 Å². The van der Waals surface area contributed by atoms with Gasteiger partial charge in [0.1, 0.15) is 0 Å². The van der Waals surface area contributed by atoms with Crippen LogP contribution >= 0.6 is 0 Å². The first-order valence-electron chi connectivity index (χ1n) is 8.53. The third-order valence-electron chi connectivity index (χ3n) is 4.14. The van der Waals surface area contributed by atoms with Gasteiger partial charge < -0.3 is 20.2 Å². The zero-order valence-electron chi connectivity index (χ0n) is 15.0. The molecule has 2 aromatic carbocycles. The number of carboxylic acids is 1. The summed E-state index contributed by atoms with van der Waals surface area (Å²) >= 11 is 0. The Bertz CT molecular complexity index is 1010. The fourth-order valence-corrected chi connectivity index (χ4v) is 2.57. The second kappa shape index (κ2) is 8.22. The molecule has 3 rings (SSSR count). The van der Waals surface area contributed by atoms with Gasteiger partial charge in [0, 0.05) is 16.9 Å². The molecule has 0 saturated heterocycles. The number of nitrogens with one attached hydrogen (secondary N) is 2. The van der Waals surface area contributed by atoms with E-state index in [9.17, 15) is 14.4 Å². The zero-order chi connectivity index (χ0) is 20.1. The third-order valence-corrected chi connectivity index (χ3v) is 4.14. The fourth-order valence-electron chi connectivity index (χ4n) is 2.57. The van der Waals surface area contributed by atoms with Crippen molar-refractivity contribution in [2.24, 2.45) is 0 Å². The van der Waals surface area contributed by atoms with Gasteiger partial charge in [0.15, 0.2) is 5.76 Å². The van der Waals surface area contributed by atoms with Gasteiger partial charge >= 0.3 is 5.97 Å². The Balaban J connectivity index is 1.72. The van der Waals surface area contributed by atoms with Crippen LogP contribution in [0.5, 0.6) is 0 Å². The molecule has 0 aliphatic heterocycles. The Morgan fingerprint density at radius 3 is 2.25 bits per heavy atom. The summed E-state index contributed by atoms with van der Waals surface area (Å²) in [6.45, 7) is 1.58. The van der Waals surface area contributed by atoms with Crippen LogP contribution in [0.15, 0.2) is 71.3 Å². The third kappa shape index (κ3) is 4.45. The number of carbonyl (C=O) groups is 3. The number of carboxylic acid groups (broad SMARTS) is 1. The van der Waals surface area contributed by atoms with E-state index < -0.39 is 17.8 Å². The van der Waals surface area contributed by atoms with Gasteiger partial charge in [-0.25, -0.2) is 0 Å². The molecule has 1 heterocycles. The van der Waals surface area contributed by atoms with Crippen molar-refractivity contribution in [2.75, 3.05) is 10.6 Å². The number of carbonyl (C=O) groups excluding carboxylic acids is 2. The lowest BCUT2D eigenvalue weighted by atomic mass is 10.0. The van der Waals surface area contributed by atoms with Crippen LogP contribution in [0.2, 0.25) is 0 Å². The molecule has 0 fully saturated rings. The maximum atomic E-state index is 12.5. The summed E-state index contributed by atoms with van der Waals surface area (Å²) < 4.78 is 5.04.